The number of ether oxygens (including phenoxy) is 3. The van der Waals surface area contributed by atoms with Gasteiger partial charge in [-0.1, -0.05) is 30.3 Å². The van der Waals surface area contributed by atoms with Gasteiger partial charge in [-0.3, -0.25) is 4.79 Å². The highest BCUT2D eigenvalue weighted by Crippen LogP contribution is 2.32. The molecule has 0 aromatic heterocycles. The van der Waals surface area contributed by atoms with Crippen molar-refractivity contribution < 1.29 is 37.0 Å². The highest BCUT2D eigenvalue weighted by Gasteiger charge is 2.26. The minimum atomic E-state index is -4.23. The molecule has 7 nitrogen and oxygen atoms in total. The maximum atomic E-state index is 13.2. The van der Waals surface area contributed by atoms with E-state index in [0.717, 1.165) is 16.7 Å². The van der Waals surface area contributed by atoms with Gasteiger partial charge in [0, 0.05) is 23.4 Å². The van der Waals surface area contributed by atoms with Crippen LogP contribution in [0.15, 0.2) is 84.9 Å². The number of carbonyl (C=O) groups excluding carboxylic acids is 2. The van der Waals surface area contributed by atoms with Crippen LogP contribution in [0.3, 0.4) is 0 Å². The average Bonchev–Trinajstić information content (AvgIpc) is 2.99. The molecule has 0 aliphatic heterocycles. The third-order valence-electron chi connectivity index (χ3n) is 6.75. The van der Waals surface area contributed by atoms with Gasteiger partial charge in [0.25, 0.3) is 0 Å². The Balaban J connectivity index is 1.42. The predicted octanol–water partition coefficient (Wildman–Crippen LogP) is 7.67. The summed E-state index contributed by atoms with van der Waals surface area (Å²) in [5.74, 6) is -0.193. The standard InChI is InChI=1S/C34H31F3N2O5/c1-21-27(23-6-10-25(38)11-7-23)14-15-28(39)32(21)29(40)16-4-22-5-17-30(31(20-22)42-2)44-33(41)24-8-12-26(13-9-24)43-19-3-18-34(35,36)37/h4-17,20H,3,18-19,38-39H2,1-2H3. The first kappa shape index (κ1) is 31.7. The van der Waals surface area contributed by atoms with Crippen LogP contribution in [0, 0.1) is 6.92 Å². The Labute approximate surface area is 252 Å². The lowest BCUT2D eigenvalue weighted by atomic mass is 9.93. The molecule has 10 heteroatoms. The van der Waals surface area contributed by atoms with Crippen molar-refractivity contribution in [2.45, 2.75) is 25.9 Å². The van der Waals surface area contributed by atoms with E-state index in [1.165, 1.54) is 37.5 Å². The fourth-order valence-corrected chi connectivity index (χ4v) is 4.47. The van der Waals surface area contributed by atoms with Gasteiger partial charge >= 0.3 is 12.1 Å². The predicted molar refractivity (Wildman–Crippen MR) is 164 cm³/mol. The summed E-state index contributed by atoms with van der Waals surface area (Å²) in [4.78, 5) is 25.9. The molecule has 0 aliphatic rings. The molecule has 4 N–H and O–H groups in total. The average molecular weight is 605 g/mol. The second-order valence-corrected chi connectivity index (χ2v) is 9.91. The summed E-state index contributed by atoms with van der Waals surface area (Å²) in [6.07, 6.45) is -2.31. The molecule has 0 fully saturated rings. The van der Waals surface area contributed by atoms with E-state index >= 15 is 0 Å². The zero-order valence-corrected chi connectivity index (χ0v) is 24.1. The number of nitrogens with two attached hydrogens (primary N) is 2. The number of alkyl halides is 3. The molecule has 0 aliphatic carbocycles. The van der Waals surface area contributed by atoms with E-state index in [1.54, 1.807) is 42.5 Å². The van der Waals surface area contributed by atoms with Crippen LogP contribution in [0.4, 0.5) is 24.5 Å². The highest BCUT2D eigenvalue weighted by molar-refractivity contribution is 6.12. The molecule has 0 saturated heterocycles. The van der Waals surface area contributed by atoms with Crippen LogP contribution < -0.4 is 25.7 Å². The first-order chi connectivity index (χ1) is 20.9. The van der Waals surface area contributed by atoms with E-state index in [1.807, 2.05) is 25.1 Å². The van der Waals surface area contributed by atoms with Crippen LogP contribution in [0.5, 0.6) is 17.2 Å². The van der Waals surface area contributed by atoms with Crippen LogP contribution in [-0.2, 0) is 0 Å². The Morgan fingerprint density at radius 1 is 0.886 bits per heavy atom. The number of methoxy groups -OCH3 is 1. The lowest BCUT2D eigenvalue weighted by Gasteiger charge is -2.13. The summed E-state index contributed by atoms with van der Waals surface area (Å²) in [6.45, 7) is 1.74. The Morgan fingerprint density at radius 3 is 2.25 bits per heavy atom. The summed E-state index contributed by atoms with van der Waals surface area (Å²) in [7, 11) is 1.42. The number of carbonyl (C=O) groups is 2. The molecular formula is C34H31F3N2O5. The smallest absolute Gasteiger partial charge is 0.389 e. The summed E-state index contributed by atoms with van der Waals surface area (Å²) >= 11 is 0. The normalized spacial score (nSPS) is 11.4. The number of halogens is 3. The summed E-state index contributed by atoms with van der Waals surface area (Å²) in [6, 6.07) is 21.6. The summed E-state index contributed by atoms with van der Waals surface area (Å²) < 4.78 is 53.0. The molecule has 0 saturated carbocycles. The lowest BCUT2D eigenvalue weighted by molar-refractivity contribution is -0.136. The van der Waals surface area contributed by atoms with Crippen molar-refractivity contribution >= 4 is 29.2 Å². The Bertz CT molecular complexity index is 1660. The van der Waals surface area contributed by atoms with Gasteiger partial charge in [0.1, 0.15) is 5.75 Å². The Kier molecular flexibility index (Phi) is 9.95. The SMILES string of the molecule is COc1cc(C=CC(=O)c2c(N)ccc(-c3ccc(N)cc3)c2C)ccc1OC(=O)c1ccc(OCCCC(F)(F)F)cc1. The highest BCUT2D eigenvalue weighted by atomic mass is 19.4. The van der Waals surface area contributed by atoms with Crippen LogP contribution in [-0.4, -0.2) is 31.6 Å². The minimum Gasteiger partial charge on any atom is -0.494 e. The van der Waals surface area contributed by atoms with Crippen molar-refractivity contribution in [1.82, 2.24) is 0 Å². The molecule has 228 valence electrons. The fraction of sp³-hybridized carbons (Fsp3) is 0.176. The van der Waals surface area contributed by atoms with E-state index in [-0.39, 0.29) is 35.9 Å². The van der Waals surface area contributed by atoms with E-state index in [4.69, 9.17) is 25.7 Å². The van der Waals surface area contributed by atoms with E-state index in [9.17, 15) is 22.8 Å². The van der Waals surface area contributed by atoms with Crippen LogP contribution in [0.1, 0.15) is 44.7 Å². The second kappa shape index (κ2) is 13.8. The number of rotatable bonds is 11. The van der Waals surface area contributed by atoms with E-state index in [0.29, 0.717) is 28.3 Å². The van der Waals surface area contributed by atoms with Crippen molar-refractivity contribution in [2.75, 3.05) is 25.2 Å². The fourth-order valence-electron chi connectivity index (χ4n) is 4.47. The van der Waals surface area contributed by atoms with Gasteiger partial charge in [-0.2, -0.15) is 13.2 Å². The molecule has 0 radical (unpaired) electrons. The first-order valence-electron chi connectivity index (χ1n) is 13.6. The van der Waals surface area contributed by atoms with Gasteiger partial charge in [0.2, 0.25) is 0 Å². The van der Waals surface area contributed by atoms with Gasteiger partial charge in [-0.05, 0) is 96.3 Å². The second-order valence-electron chi connectivity index (χ2n) is 9.91. The number of nitrogen functional groups attached to an aromatic ring is 2. The quantitative estimate of drug-likeness (QED) is 0.0451. The number of benzene rings is 4. The molecule has 0 heterocycles. The van der Waals surface area contributed by atoms with Gasteiger partial charge in [-0.15, -0.1) is 0 Å². The van der Waals surface area contributed by atoms with Crippen LogP contribution in [0.25, 0.3) is 17.2 Å². The molecule has 0 amide bonds. The molecule has 4 rings (SSSR count). The number of anilines is 2. The number of hydrogen-bond donors (Lipinski definition) is 2. The van der Waals surface area contributed by atoms with Crippen molar-refractivity contribution in [3.05, 3.63) is 107 Å². The summed E-state index contributed by atoms with van der Waals surface area (Å²) in [5.41, 5.74) is 16.7. The number of allylic oxidation sites excluding steroid dienone is 1. The van der Waals surface area contributed by atoms with Gasteiger partial charge in [-0.25, -0.2) is 4.79 Å². The Morgan fingerprint density at radius 2 is 1.59 bits per heavy atom. The van der Waals surface area contributed by atoms with Crippen molar-refractivity contribution in [2.24, 2.45) is 0 Å². The van der Waals surface area contributed by atoms with E-state index < -0.39 is 18.6 Å². The zero-order chi connectivity index (χ0) is 31.9. The monoisotopic (exact) mass is 604 g/mol. The van der Waals surface area contributed by atoms with Crippen molar-refractivity contribution in [1.29, 1.82) is 0 Å². The topological polar surface area (TPSA) is 114 Å². The molecule has 0 bridgehead atoms. The lowest BCUT2D eigenvalue weighted by Crippen LogP contribution is -2.10. The largest absolute Gasteiger partial charge is 0.494 e. The van der Waals surface area contributed by atoms with Crippen LogP contribution in [0.2, 0.25) is 0 Å². The Hall–Kier alpha value is -5.25. The molecule has 0 unspecified atom stereocenters. The third kappa shape index (κ3) is 8.19. The zero-order valence-electron chi connectivity index (χ0n) is 24.1. The van der Waals surface area contributed by atoms with Gasteiger partial charge < -0.3 is 25.7 Å². The number of hydrogen-bond acceptors (Lipinski definition) is 7. The summed E-state index contributed by atoms with van der Waals surface area (Å²) in [5, 5.41) is 0. The third-order valence-corrected chi connectivity index (χ3v) is 6.75. The van der Waals surface area contributed by atoms with Gasteiger partial charge in [0.15, 0.2) is 17.3 Å². The van der Waals surface area contributed by atoms with Crippen molar-refractivity contribution in [3.8, 4) is 28.4 Å². The van der Waals surface area contributed by atoms with Crippen molar-refractivity contribution in [3.63, 3.8) is 0 Å². The minimum absolute atomic E-state index is 0.101. The molecule has 0 atom stereocenters. The molecule has 4 aromatic carbocycles. The maximum Gasteiger partial charge on any atom is 0.389 e. The first-order valence-corrected chi connectivity index (χ1v) is 13.6. The van der Waals surface area contributed by atoms with E-state index in [2.05, 4.69) is 0 Å². The molecule has 44 heavy (non-hydrogen) atoms. The van der Waals surface area contributed by atoms with Gasteiger partial charge in [0.05, 0.1) is 19.3 Å². The van der Waals surface area contributed by atoms with Crippen LogP contribution >= 0.6 is 0 Å². The molecular weight excluding hydrogens is 573 g/mol. The molecule has 0 spiro atoms. The number of ketones is 1. The maximum absolute atomic E-state index is 13.2. The molecule has 4 aromatic rings. The number of esters is 1.